The first kappa shape index (κ1) is 26.6. The number of rotatable bonds is 6. The fraction of sp³-hybridized carbons (Fsp3) is 0.419. The maximum atomic E-state index is 12.8. The number of esters is 1. The average Bonchev–Trinajstić information content (AvgIpc) is 2.88. The molecule has 0 radical (unpaired) electrons. The molecule has 4 fully saturated rings. The van der Waals surface area contributed by atoms with Crippen LogP contribution in [0.25, 0.3) is 5.69 Å². The number of ether oxygens (including phenoxy) is 1. The van der Waals surface area contributed by atoms with E-state index >= 15 is 0 Å². The Kier molecular flexibility index (Phi) is 6.69. The Bertz CT molecular complexity index is 1580. The third-order valence-electron chi connectivity index (χ3n) is 8.75. The van der Waals surface area contributed by atoms with E-state index in [9.17, 15) is 19.5 Å². The maximum absolute atomic E-state index is 12.8. The summed E-state index contributed by atoms with van der Waals surface area (Å²) < 4.78 is 6.29. The summed E-state index contributed by atoms with van der Waals surface area (Å²) in [5.41, 5.74) is 0.696. The summed E-state index contributed by atoms with van der Waals surface area (Å²) in [6.45, 7) is 3.46. The maximum Gasteiger partial charge on any atom is 0.339 e. The molecule has 9 heteroatoms. The van der Waals surface area contributed by atoms with Crippen LogP contribution < -0.4 is 11.2 Å². The number of aliphatic imine (C=N–C) groups is 1. The highest BCUT2D eigenvalue weighted by Gasteiger charge is 2.51. The second-order valence-corrected chi connectivity index (χ2v) is 12.4. The normalized spacial score (nSPS) is 25.1. The lowest BCUT2D eigenvalue weighted by Crippen LogP contribution is -2.48. The van der Waals surface area contributed by atoms with E-state index in [0.717, 1.165) is 28.5 Å². The number of aromatic amines is 1. The first-order chi connectivity index (χ1) is 19.1. The van der Waals surface area contributed by atoms with E-state index < -0.39 is 23.1 Å². The zero-order valence-electron chi connectivity index (χ0n) is 22.5. The average molecular weight is 562 g/mol. The highest BCUT2D eigenvalue weighted by Crippen LogP contribution is 2.60. The largest absolute Gasteiger partial charge is 0.493 e. The molecule has 0 spiro atoms. The molecule has 7 rings (SSSR count). The third-order valence-corrected chi connectivity index (χ3v) is 9.08. The molecule has 3 aromatic rings. The molecule has 0 unspecified atom stereocenters. The molecule has 40 heavy (non-hydrogen) atoms. The lowest BCUT2D eigenvalue weighted by molar-refractivity contribution is -0.00518. The number of carbonyl (C=O) groups is 1. The number of hydrogen-bond acceptors (Lipinski definition) is 6. The van der Waals surface area contributed by atoms with Crippen molar-refractivity contribution in [1.29, 1.82) is 0 Å². The van der Waals surface area contributed by atoms with Crippen molar-refractivity contribution in [2.24, 2.45) is 22.7 Å². The highest BCUT2D eigenvalue weighted by molar-refractivity contribution is 6.33. The minimum atomic E-state index is -0.777. The molecule has 2 aromatic carbocycles. The van der Waals surface area contributed by atoms with Crippen molar-refractivity contribution in [2.75, 3.05) is 0 Å². The number of carbonyl (C=O) groups excluding carboxylic acids is 1. The van der Waals surface area contributed by atoms with E-state index in [0.29, 0.717) is 11.4 Å². The summed E-state index contributed by atoms with van der Waals surface area (Å²) >= 11 is 6.16. The van der Waals surface area contributed by atoms with Crippen LogP contribution in [0.3, 0.4) is 0 Å². The quantitative estimate of drug-likeness (QED) is 0.297. The summed E-state index contributed by atoms with van der Waals surface area (Å²) in [6.07, 6.45) is 8.60. The van der Waals surface area contributed by atoms with Crippen LogP contribution in [0.15, 0.2) is 57.0 Å². The van der Waals surface area contributed by atoms with Crippen molar-refractivity contribution in [3.05, 3.63) is 85.0 Å². The van der Waals surface area contributed by atoms with Gasteiger partial charge in [0.05, 0.1) is 28.1 Å². The van der Waals surface area contributed by atoms with Gasteiger partial charge in [-0.25, -0.2) is 14.2 Å². The first-order valence-electron chi connectivity index (χ1n) is 13.9. The van der Waals surface area contributed by atoms with Crippen molar-refractivity contribution in [3.63, 3.8) is 0 Å². The summed E-state index contributed by atoms with van der Waals surface area (Å²) in [6, 6.07) is 12.3. The first-order valence-corrected chi connectivity index (χ1v) is 14.2. The van der Waals surface area contributed by atoms with Gasteiger partial charge in [-0.1, -0.05) is 23.7 Å². The van der Waals surface area contributed by atoms with Gasteiger partial charge < -0.3 is 9.84 Å². The Labute approximate surface area is 236 Å². The molecule has 4 aliphatic carbocycles. The molecule has 4 bridgehead atoms. The Morgan fingerprint density at radius 2 is 1.70 bits per heavy atom. The number of aromatic hydroxyl groups is 1. The van der Waals surface area contributed by atoms with Crippen LogP contribution in [0.4, 0.5) is 5.69 Å². The van der Waals surface area contributed by atoms with Gasteiger partial charge in [0.1, 0.15) is 5.56 Å². The van der Waals surface area contributed by atoms with Gasteiger partial charge in [-0.3, -0.25) is 14.8 Å². The van der Waals surface area contributed by atoms with Gasteiger partial charge in [0.25, 0.3) is 5.56 Å². The zero-order chi connectivity index (χ0) is 28.2. The van der Waals surface area contributed by atoms with Crippen molar-refractivity contribution >= 4 is 29.5 Å². The second kappa shape index (κ2) is 10.1. The molecule has 0 saturated heterocycles. The van der Waals surface area contributed by atoms with Gasteiger partial charge in [-0.15, -0.1) is 0 Å². The predicted octanol–water partition coefficient (Wildman–Crippen LogP) is 5.67. The van der Waals surface area contributed by atoms with E-state index in [4.69, 9.17) is 16.3 Å². The lowest BCUT2D eigenvalue weighted by atomic mass is 9.48. The molecular formula is C31H32ClN3O5. The number of aromatic nitrogens is 2. The molecule has 208 valence electrons. The standard InChI is InChI=1S/C31H32ClN3O5/c1-17(2)40-29(38)24-12-22(5-8-26(24)32)33-16-25-27(36)34-30(39)35(28(25)37)23-6-3-21(4-7-23)31-13-18-9-19(14-31)11-20(10-18)15-31/h3-8,12,16-20,37H,9-11,13-15H2,1-2H3,(H,34,36,39). The summed E-state index contributed by atoms with van der Waals surface area (Å²) in [5, 5.41) is 11.2. The van der Waals surface area contributed by atoms with Gasteiger partial charge in [0.2, 0.25) is 5.88 Å². The molecule has 0 amide bonds. The highest BCUT2D eigenvalue weighted by atomic mass is 35.5. The van der Waals surface area contributed by atoms with Crippen molar-refractivity contribution < 1.29 is 14.6 Å². The van der Waals surface area contributed by atoms with Gasteiger partial charge in [-0.05, 0) is 111 Å². The number of nitrogens with one attached hydrogen (secondary N) is 1. The molecule has 2 N–H and O–H groups in total. The fourth-order valence-electron chi connectivity index (χ4n) is 7.49. The van der Waals surface area contributed by atoms with Crippen LogP contribution in [-0.4, -0.2) is 32.9 Å². The molecule has 1 aromatic heterocycles. The predicted molar refractivity (Wildman–Crippen MR) is 153 cm³/mol. The molecule has 8 nitrogen and oxygen atoms in total. The number of halogens is 1. The van der Waals surface area contributed by atoms with E-state index in [-0.39, 0.29) is 27.7 Å². The van der Waals surface area contributed by atoms with Crippen LogP contribution in [0.5, 0.6) is 5.88 Å². The van der Waals surface area contributed by atoms with E-state index in [1.807, 2.05) is 12.1 Å². The fourth-order valence-corrected chi connectivity index (χ4v) is 7.68. The monoisotopic (exact) mass is 561 g/mol. The van der Waals surface area contributed by atoms with E-state index in [1.165, 1.54) is 56.2 Å². The Morgan fingerprint density at radius 3 is 2.30 bits per heavy atom. The molecule has 4 saturated carbocycles. The molecule has 4 aliphatic rings. The van der Waals surface area contributed by atoms with Gasteiger partial charge in [-0.2, -0.15) is 0 Å². The molecule has 0 aliphatic heterocycles. The third kappa shape index (κ3) is 4.79. The molecule has 1 heterocycles. The minimum Gasteiger partial charge on any atom is -0.493 e. The SMILES string of the molecule is CC(C)OC(=O)c1cc(N=Cc2c(O)n(-c3ccc(C45CC6CC(CC(C6)C4)C5)cc3)c(=O)[nH]c2=O)ccc1Cl. The number of H-pyrrole nitrogens is 1. The summed E-state index contributed by atoms with van der Waals surface area (Å²) in [5.74, 6) is 1.33. The van der Waals surface area contributed by atoms with Gasteiger partial charge >= 0.3 is 11.7 Å². The summed E-state index contributed by atoms with van der Waals surface area (Å²) in [4.78, 5) is 44.3. The van der Waals surface area contributed by atoms with E-state index in [2.05, 4.69) is 22.1 Å². The summed E-state index contributed by atoms with van der Waals surface area (Å²) in [7, 11) is 0. The second-order valence-electron chi connectivity index (χ2n) is 12.0. The van der Waals surface area contributed by atoms with Crippen LogP contribution in [0.2, 0.25) is 5.02 Å². The zero-order valence-corrected chi connectivity index (χ0v) is 23.3. The van der Waals surface area contributed by atoms with Crippen LogP contribution in [0.1, 0.15) is 73.9 Å². The topological polar surface area (TPSA) is 114 Å². The number of nitrogens with zero attached hydrogens (tertiary/aromatic N) is 2. The molecule has 0 atom stereocenters. The van der Waals surface area contributed by atoms with Crippen LogP contribution in [-0.2, 0) is 10.2 Å². The van der Waals surface area contributed by atoms with E-state index in [1.54, 1.807) is 19.9 Å². The number of hydrogen-bond donors (Lipinski definition) is 2. The minimum absolute atomic E-state index is 0.132. The van der Waals surface area contributed by atoms with Crippen molar-refractivity contribution in [2.45, 2.75) is 63.9 Å². The van der Waals surface area contributed by atoms with Crippen LogP contribution in [0, 0.1) is 17.8 Å². The van der Waals surface area contributed by atoms with Crippen molar-refractivity contribution in [1.82, 2.24) is 9.55 Å². The lowest BCUT2D eigenvalue weighted by Gasteiger charge is -2.57. The Balaban J connectivity index is 1.30. The number of benzene rings is 2. The molecular weight excluding hydrogens is 530 g/mol. The van der Waals surface area contributed by atoms with Gasteiger partial charge in [0, 0.05) is 6.21 Å². The Hall–Kier alpha value is -3.65. The smallest absolute Gasteiger partial charge is 0.339 e. The van der Waals surface area contributed by atoms with Gasteiger partial charge in [0.15, 0.2) is 0 Å². The van der Waals surface area contributed by atoms with Crippen molar-refractivity contribution in [3.8, 4) is 11.6 Å². The Morgan fingerprint density at radius 1 is 1.07 bits per heavy atom. The van der Waals surface area contributed by atoms with Crippen LogP contribution >= 0.6 is 11.6 Å².